The van der Waals surface area contributed by atoms with Gasteiger partial charge < -0.3 is 15.3 Å². The number of ketones is 1. The van der Waals surface area contributed by atoms with Crippen molar-refractivity contribution >= 4 is 44.8 Å². The van der Waals surface area contributed by atoms with Gasteiger partial charge in [-0.2, -0.15) is 0 Å². The van der Waals surface area contributed by atoms with Crippen molar-refractivity contribution < 1.29 is 23.5 Å². The van der Waals surface area contributed by atoms with Gasteiger partial charge in [-0.25, -0.2) is 9.98 Å². The van der Waals surface area contributed by atoms with Crippen LogP contribution in [-0.4, -0.2) is 21.9 Å². The highest BCUT2D eigenvalue weighted by Gasteiger charge is 2.24. The lowest BCUT2D eigenvalue weighted by Crippen LogP contribution is -2.27. The van der Waals surface area contributed by atoms with Crippen LogP contribution in [0.15, 0.2) is 38.5 Å². The zero-order valence-corrected chi connectivity index (χ0v) is 16.0. The van der Waals surface area contributed by atoms with E-state index in [0.717, 1.165) is 11.3 Å². The summed E-state index contributed by atoms with van der Waals surface area (Å²) in [5.41, 5.74) is 7.97. The lowest BCUT2D eigenvalue weighted by atomic mass is 9.97. The highest BCUT2D eigenvalue weighted by molar-refractivity contribution is 7.21. The number of Topliss-reactive ketones (excluding diaryl/α,β-unsaturated/α-hetero) is 1. The first-order chi connectivity index (χ1) is 13.4. The van der Waals surface area contributed by atoms with Gasteiger partial charge in [-0.3, -0.25) is 9.32 Å². The number of nitrogens with zero attached hydrogens (tertiary/aromatic N) is 4. The molecule has 4 aromatic heterocycles. The van der Waals surface area contributed by atoms with Gasteiger partial charge in [-0.15, -0.1) is 11.3 Å². The van der Waals surface area contributed by atoms with Gasteiger partial charge in [-0.1, -0.05) is 4.68 Å². The maximum atomic E-state index is 12.7. The molecule has 0 aromatic carbocycles. The average molecular weight is 397 g/mol. The summed E-state index contributed by atoms with van der Waals surface area (Å²) in [6.07, 6.45) is 2.97. The van der Waals surface area contributed by atoms with E-state index in [9.17, 15) is 9.90 Å². The van der Waals surface area contributed by atoms with E-state index in [1.54, 1.807) is 26.1 Å². The number of aryl methyl sites for hydroxylation is 2. The van der Waals surface area contributed by atoms with Crippen molar-refractivity contribution in [3.8, 4) is 11.3 Å². The molecule has 4 rings (SSSR count). The second-order valence-electron chi connectivity index (χ2n) is 6.14. The molecule has 0 aliphatic carbocycles. The molecule has 0 fully saturated rings. The number of furan rings is 1. The molecular weight excluding hydrogens is 382 g/mol. The zero-order valence-electron chi connectivity index (χ0n) is 15.2. The Morgan fingerprint density at radius 1 is 1.43 bits per heavy atom. The summed E-state index contributed by atoms with van der Waals surface area (Å²) in [5, 5.41) is 16.8. The van der Waals surface area contributed by atoms with Crippen LogP contribution < -0.4 is 15.5 Å². The SMILES string of the molecule is CC(=O)c1c(C)nc2sc(/C([O-])=N/c3c[n+](C)no3)c(N)c2c1-c1ccco1. The van der Waals surface area contributed by atoms with Crippen molar-refractivity contribution in [1.82, 2.24) is 10.3 Å². The van der Waals surface area contributed by atoms with Crippen molar-refractivity contribution in [1.29, 1.82) is 0 Å². The fraction of sp³-hybridized carbons (Fsp3) is 0.167. The molecule has 0 saturated heterocycles. The summed E-state index contributed by atoms with van der Waals surface area (Å²) in [5.74, 6) is -0.215. The second kappa shape index (κ2) is 6.57. The van der Waals surface area contributed by atoms with Crippen LogP contribution in [0, 0.1) is 6.92 Å². The van der Waals surface area contributed by atoms with E-state index in [4.69, 9.17) is 14.7 Å². The van der Waals surface area contributed by atoms with Gasteiger partial charge in [0.1, 0.15) is 10.6 Å². The first-order valence-electron chi connectivity index (χ1n) is 8.23. The minimum atomic E-state index is -0.579. The van der Waals surface area contributed by atoms with E-state index in [0.29, 0.717) is 32.8 Å². The number of aromatic nitrogens is 3. The van der Waals surface area contributed by atoms with Crippen LogP contribution >= 0.6 is 11.3 Å². The first kappa shape index (κ1) is 17.9. The van der Waals surface area contributed by atoms with E-state index in [-0.39, 0.29) is 22.2 Å². The number of anilines is 1. The maximum absolute atomic E-state index is 12.7. The van der Waals surface area contributed by atoms with Crippen LogP contribution in [0.3, 0.4) is 0 Å². The molecule has 9 nitrogen and oxygen atoms in total. The average Bonchev–Trinajstić information content (AvgIpc) is 3.35. The summed E-state index contributed by atoms with van der Waals surface area (Å²) in [7, 11) is 1.65. The molecule has 2 N–H and O–H groups in total. The number of pyridine rings is 1. The van der Waals surface area contributed by atoms with Crippen LogP contribution in [0.5, 0.6) is 0 Å². The zero-order chi connectivity index (χ0) is 20.0. The first-order valence-corrected chi connectivity index (χ1v) is 9.04. The Labute approximate surface area is 162 Å². The Balaban J connectivity index is 2.00. The van der Waals surface area contributed by atoms with Gasteiger partial charge in [0.25, 0.3) is 6.20 Å². The van der Waals surface area contributed by atoms with Crippen molar-refractivity contribution in [2.45, 2.75) is 13.8 Å². The molecule has 0 saturated carbocycles. The van der Waals surface area contributed by atoms with Gasteiger partial charge in [-0.05, 0) is 26.0 Å². The molecule has 0 spiro atoms. The van der Waals surface area contributed by atoms with Crippen LogP contribution in [-0.2, 0) is 7.05 Å². The Bertz CT molecular complexity index is 1240. The lowest BCUT2D eigenvalue weighted by Gasteiger charge is -2.11. The third kappa shape index (κ3) is 2.83. The smallest absolute Gasteiger partial charge is 0.320 e. The summed E-state index contributed by atoms with van der Waals surface area (Å²) >= 11 is 1.10. The standard InChI is InChI=1S/C18H15N5O4S/c1-8-12(9(2)24)13(10-5-4-6-26-10)14-15(19)16(28-18(14)20-8)17(25)21-11-7-23(3)22-27-11/h4-7H,1-3H3,(H2-,19,21,22,25). The molecule has 4 aromatic rings. The summed E-state index contributed by atoms with van der Waals surface area (Å²) in [6.45, 7) is 3.19. The fourth-order valence-corrected chi connectivity index (χ4v) is 4.07. The largest absolute Gasteiger partial charge is 0.857 e. The van der Waals surface area contributed by atoms with Gasteiger partial charge in [0.15, 0.2) is 18.1 Å². The number of fused-ring (bicyclic) bond motifs is 1. The highest BCUT2D eigenvalue weighted by atomic mass is 32.1. The van der Waals surface area contributed by atoms with Gasteiger partial charge in [0.05, 0.1) is 28.1 Å². The molecule has 0 aliphatic heterocycles. The van der Waals surface area contributed by atoms with Gasteiger partial charge in [0, 0.05) is 16.8 Å². The third-order valence-electron chi connectivity index (χ3n) is 4.14. The minimum absolute atomic E-state index is 0.0594. The van der Waals surface area contributed by atoms with E-state index in [1.165, 1.54) is 24.1 Å². The van der Waals surface area contributed by atoms with E-state index in [1.807, 2.05) is 0 Å². The molecule has 0 amide bonds. The predicted octanol–water partition coefficient (Wildman–Crippen LogP) is 1.90. The van der Waals surface area contributed by atoms with Crippen molar-refractivity contribution in [2.24, 2.45) is 12.0 Å². The fourth-order valence-electron chi connectivity index (χ4n) is 3.04. The molecule has 4 heterocycles. The molecule has 0 aliphatic rings. The quantitative estimate of drug-likeness (QED) is 0.240. The summed E-state index contributed by atoms with van der Waals surface area (Å²) in [6, 6.07) is 3.45. The third-order valence-corrected chi connectivity index (χ3v) is 5.23. The van der Waals surface area contributed by atoms with Crippen molar-refractivity contribution in [2.75, 3.05) is 5.73 Å². The number of hydrogen-bond donors (Lipinski definition) is 1. The van der Waals surface area contributed by atoms with Crippen molar-refractivity contribution in [3.05, 3.63) is 40.7 Å². The molecule has 0 radical (unpaired) electrons. The molecule has 0 unspecified atom stereocenters. The molecule has 10 heteroatoms. The molecular formula is C18H15N5O4S. The Hall–Kier alpha value is -3.53. The number of nitrogens with two attached hydrogens (primary N) is 1. The summed E-state index contributed by atoms with van der Waals surface area (Å²) < 4.78 is 11.9. The number of rotatable bonds is 4. The van der Waals surface area contributed by atoms with E-state index >= 15 is 0 Å². The number of thiophene rings is 1. The highest BCUT2D eigenvalue weighted by Crippen LogP contribution is 2.42. The van der Waals surface area contributed by atoms with E-state index in [2.05, 4.69) is 15.2 Å². The van der Waals surface area contributed by atoms with Gasteiger partial charge in [0.2, 0.25) is 0 Å². The molecule has 0 bridgehead atoms. The van der Waals surface area contributed by atoms with Crippen LogP contribution in [0.4, 0.5) is 11.6 Å². The number of aliphatic imine (C=N–C) groups is 1. The molecule has 142 valence electrons. The number of carbonyl (C=O) groups excluding carboxylic acids is 1. The van der Waals surface area contributed by atoms with Crippen LogP contribution in [0.25, 0.3) is 21.5 Å². The number of carbonyl (C=O) groups is 1. The van der Waals surface area contributed by atoms with Gasteiger partial charge >= 0.3 is 5.88 Å². The Morgan fingerprint density at radius 2 is 2.21 bits per heavy atom. The molecule has 0 atom stereocenters. The van der Waals surface area contributed by atoms with Crippen molar-refractivity contribution in [3.63, 3.8) is 0 Å². The monoisotopic (exact) mass is 397 g/mol. The Morgan fingerprint density at radius 3 is 2.82 bits per heavy atom. The second-order valence-corrected chi connectivity index (χ2v) is 7.14. The topological polar surface area (TPSA) is 134 Å². The van der Waals surface area contributed by atoms with Crippen LogP contribution in [0.1, 0.15) is 27.9 Å². The lowest BCUT2D eigenvalue weighted by molar-refractivity contribution is -0.739. The summed E-state index contributed by atoms with van der Waals surface area (Å²) in [4.78, 5) is 21.4. The normalized spacial score (nSPS) is 12.0. The predicted molar refractivity (Wildman–Crippen MR) is 100 cm³/mol. The molecule has 28 heavy (non-hydrogen) atoms. The number of nitrogen functional groups attached to an aromatic ring is 1. The number of hydrogen-bond acceptors (Lipinski definition) is 9. The Kier molecular flexibility index (Phi) is 4.19. The minimum Gasteiger partial charge on any atom is -0.857 e. The van der Waals surface area contributed by atoms with E-state index < -0.39 is 5.90 Å². The van der Waals surface area contributed by atoms with Crippen LogP contribution in [0.2, 0.25) is 0 Å². The maximum Gasteiger partial charge on any atom is 0.320 e.